The van der Waals surface area contributed by atoms with Gasteiger partial charge in [0, 0.05) is 0 Å². The average Bonchev–Trinajstić information content (AvgIpc) is 1.60. The summed E-state index contributed by atoms with van der Waals surface area (Å²) in [5.74, 6) is -2.54. The van der Waals surface area contributed by atoms with Crippen LogP contribution in [0.5, 0.6) is 0 Å². The van der Waals surface area contributed by atoms with E-state index in [4.69, 9.17) is 0 Å². The van der Waals surface area contributed by atoms with Crippen LogP contribution in [-0.2, 0) is 4.74 Å². The molecule has 0 aromatic carbocycles. The Balaban J connectivity index is 3.73. The number of ether oxygens (including phenoxy) is 1. The van der Waals surface area contributed by atoms with Crippen molar-refractivity contribution in [3.05, 3.63) is 0 Å². The quantitative estimate of drug-likeness (QED) is 0.492. The molecule has 0 aromatic heterocycles. The summed E-state index contributed by atoms with van der Waals surface area (Å²) in [6.07, 6.45) is -4.79. The van der Waals surface area contributed by atoms with Gasteiger partial charge in [-0.3, -0.25) is 0 Å². The second-order valence-electron chi connectivity index (χ2n) is 1.25. The fourth-order valence-electron chi connectivity index (χ4n) is 0.167. The van der Waals surface area contributed by atoms with Gasteiger partial charge in [-0.2, -0.15) is 17.6 Å². The van der Waals surface area contributed by atoms with Gasteiger partial charge in [0.1, 0.15) is 0 Å². The number of hydrogen-bond donors (Lipinski definition) is 0. The van der Waals surface area contributed by atoms with Crippen molar-refractivity contribution in [1.29, 1.82) is 0 Å². The molecule has 0 aliphatic carbocycles. The topological polar surface area (TPSA) is 9.23 Å². The van der Waals surface area contributed by atoms with E-state index in [2.05, 4.69) is 27.9 Å². The van der Waals surface area contributed by atoms with E-state index in [0.29, 0.717) is 0 Å². The molecular formula is C3H2Cl2F4O. The molecule has 0 aromatic rings. The minimum absolute atomic E-state index is 2.54. The van der Waals surface area contributed by atoms with E-state index >= 15 is 0 Å². The van der Waals surface area contributed by atoms with Crippen LogP contribution in [0.25, 0.3) is 0 Å². The molecule has 0 aliphatic rings. The van der Waals surface area contributed by atoms with Crippen LogP contribution in [0.15, 0.2) is 0 Å². The number of halogens is 6. The number of alkyl halides is 6. The fraction of sp³-hybridized carbons (Fsp3) is 1.00. The molecule has 0 fully saturated rings. The van der Waals surface area contributed by atoms with Crippen LogP contribution in [0, 0.1) is 0 Å². The summed E-state index contributed by atoms with van der Waals surface area (Å²) < 4.78 is 48.8. The van der Waals surface area contributed by atoms with Gasteiger partial charge in [-0.05, 0) is 0 Å². The van der Waals surface area contributed by atoms with E-state index in [0.717, 1.165) is 0 Å². The molecule has 0 heterocycles. The molecule has 0 bridgehead atoms. The van der Waals surface area contributed by atoms with Crippen molar-refractivity contribution in [1.82, 2.24) is 0 Å². The van der Waals surface area contributed by atoms with Crippen LogP contribution in [0.1, 0.15) is 0 Å². The number of rotatable bonds is 2. The van der Waals surface area contributed by atoms with Crippen LogP contribution >= 0.6 is 23.2 Å². The smallest absolute Gasteiger partial charge is 0.307 e. The van der Waals surface area contributed by atoms with Crippen molar-refractivity contribution in [3.8, 4) is 0 Å². The van der Waals surface area contributed by atoms with Gasteiger partial charge in [-0.25, -0.2) is 0 Å². The number of hydrogen-bond acceptors (Lipinski definition) is 1. The van der Waals surface area contributed by atoms with Crippen molar-refractivity contribution in [2.24, 2.45) is 0 Å². The van der Waals surface area contributed by atoms with E-state index in [-0.39, 0.29) is 0 Å². The van der Waals surface area contributed by atoms with Gasteiger partial charge in [-0.1, -0.05) is 23.2 Å². The SMILES string of the molecule is FC(Cl)OC(Cl)C(F)(F)F. The lowest BCUT2D eigenvalue weighted by Gasteiger charge is -2.13. The summed E-state index contributed by atoms with van der Waals surface area (Å²) in [6.45, 7) is 0. The summed E-state index contributed by atoms with van der Waals surface area (Å²) in [7, 11) is 0. The predicted molar refractivity (Wildman–Crippen MR) is 27.5 cm³/mol. The normalized spacial score (nSPS) is 18.6. The van der Waals surface area contributed by atoms with Gasteiger partial charge < -0.3 is 4.74 Å². The molecule has 0 amide bonds. The minimum Gasteiger partial charge on any atom is -0.307 e. The van der Waals surface area contributed by atoms with E-state index in [1.54, 1.807) is 0 Å². The van der Waals surface area contributed by atoms with E-state index < -0.39 is 17.6 Å². The molecule has 0 radical (unpaired) electrons. The highest BCUT2D eigenvalue weighted by Crippen LogP contribution is 2.27. The molecule has 10 heavy (non-hydrogen) atoms. The molecule has 2 atom stereocenters. The molecule has 0 aliphatic heterocycles. The van der Waals surface area contributed by atoms with Gasteiger partial charge in [-0.15, -0.1) is 0 Å². The molecule has 62 valence electrons. The highest BCUT2D eigenvalue weighted by atomic mass is 35.5. The Labute approximate surface area is 63.9 Å². The Bertz CT molecular complexity index is 103. The lowest BCUT2D eigenvalue weighted by molar-refractivity contribution is -0.207. The molecule has 2 unspecified atom stereocenters. The summed E-state index contributed by atoms with van der Waals surface area (Å²) in [4.78, 5) is 0. The molecule has 0 spiro atoms. The zero-order chi connectivity index (χ0) is 8.36. The van der Waals surface area contributed by atoms with E-state index in [9.17, 15) is 17.6 Å². The van der Waals surface area contributed by atoms with Crippen molar-refractivity contribution in [2.45, 2.75) is 17.6 Å². The monoisotopic (exact) mass is 200 g/mol. The van der Waals surface area contributed by atoms with Crippen LogP contribution in [0.3, 0.4) is 0 Å². The second-order valence-corrected chi connectivity index (χ2v) is 1.99. The Morgan fingerprint density at radius 1 is 1.20 bits per heavy atom. The van der Waals surface area contributed by atoms with Gasteiger partial charge in [0.05, 0.1) is 0 Å². The Morgan fingerprint density at radius 3 is 1.70 bits per heavy atom. The third-order valence-corrected chi connectivity index (χ3v) is 0.933. The van der Waals surface area contributed by atoms with Crippen molar-refractivity contribution < 1.29 is 22.3 Å². The van der Waals surface area contributed by atoms with Gasteiger partial charge in [0.25, 0.3) is 5.82 Å². The Morgan fingerprint density at radius 2 is 1.60 bits per heavy atom. The van der Waals surface area contributed by atoms with Gasteiger partial charge in [0.15, 0.2) is 0 Å². The van der Waals surface area contributed by atoms with Crippen LogP contribution < -0.4 is 0 Å². The fourth-order valence-corrected chi connectivity index (χ4v) is 0.413. The maximum Gasteiger partial charge on any atom is 0.428 e. The molecule has 7 heteroatoms. The molecule has 0 saturated heterocycles. The lowest BCUT2D eigenvalue weighted by atomic mass is 10.7. The zero-order valence-electron chi connectivity index (χ0n) is 4.33. The second kappa shape index (κ2) is 3.59. The Kier molecular flexibility index (Phi) is 3.69. The summed E-state index contributed by atoms with van der Waals surface area (Å²) in [5.41, 5.74) is -2.69. The molecule has 1 nitrogen and oxygen atoms in total. The van der Waals surface area contributed by atoms with Gasteiger partial charge in [0.2, 0.25) is 5.56 Å². The third-order valence-electron chi connectivity index (χ3n) is 0.480. The van der Waals surface area contributed by atoms with Crippen LogP contribution in [0.4, 0.5) is 17.6 Å². The van der Waals surface area contributed by atoms with Crippen molar-refractivity contribution in [3.63, 3.8) is 0 Å². The van der Waals surface area contributed by atoms with Crippen LogP contribution in [0.2, 0.25) is 0 Å². The summed E-state index contributed by atoms with van der Waals surface area (Å²) in [6, 6.07) is 0. The average molecular weight is 201 g/mol. The minimum atomic E-state index is -4.79. The highest BCUT2D eigenvalue weighted by molar-refractivity contribution is 6.21. The van der Waals surface area contributed by atoms with Crippen molar-refractivity contribution >= 4 is 23.2 Å². The maximum atomic E-state index is 11.4. The maximum absolute atomic E-state index is 11.4. The van der Waals surface area contributed by atoms with Crippen LogP contribution in [-0.4, -0.2) is 17.6 Å². The third kappa shape index (κ3) is 4.14. The van der Waals surface area contributed by atoms with E-state index in [1.807, 2.05) is 0 Å². The molecule has 0 N–H and O–H groups in total. The molecule has 0 saturated carbocycles. The first-order chi connectivity index (χ1) is 4.34. The first-order valence-electron chi connectivity index (χ1n) is 1.98. The van der Waals surface area contributed by atoms with E-state index in [1.165, 1.54) is 0 Å². The first-order valence-corrected chi connectivity index (χ1v) is 2.85. The highest BCUT2D eigenvalue weighted by Gasteiger charge is 2.40. The Hall–Kier alpha value is 0.260. The summed E-state index contributed by atoms with van der Waals surface area (Å²) in [5, 5.41) is 0. The standard InChI is InChI=1S/C3H2Cl2F4O/c4-1(3(7,8)9)10-2(5)6/h1-2H. The lowest BCUT2D eigenvalue weighted by Crippen LogP contribution is -2.27. The first kappa shape index (κ1) is 10.3. The zero-order valence-corrected chi connectivity index (χ0v) is 5.84. The molecular weight excluding hydrogens is 199 g/mol. The van der Waals surface area contributed by atoms with Gasteiger partial charge >= 0.3 is 6.18 Å². The summed E-state index contributed by atoms with van der Waals surface area (Å²) >= 11 is 8.89. The largest absolute Gasteiger partial charge is 0.428 e. The predicted octanol–water partition coefficient (Wildman–Crippen LogP) is 2.62. The van der Waals surface area contributed by atoms with Crippen molar-refractivity contribution in [2.75, 3.05) is 0 Å². The molecule has 0 rings (SSSR count).